The number of aromatic nitrogens is 1. The van der Waals surface area contributed by atoms with Crippen molar-refractivity contribution in [3.8, 4) is 0 Å². The molecule has 5 nitrogen and oxygen atoms in total. The number of pyridine rings is 1. The number of esters is 1. The summed E-state index contributed by atoms with van der Waals surface area (Å²) in [6.07, 6.45) is 1.70. The molecule has 0 aliphatic heterocycles. The molecule has 6 heteroatoms. The number of hydrogen-bond donors (Lipinski definition) is 1. The molecule has 1 aromatic heterocycles. The third kappa shape index (κ3) is 5.15. The Morgan fingerprint density at radius 3 is 2.54 bits per heavy atom. The minimum absolute atomic E-state index is 0.0977. The zero-order chi connectivity index (χ0) is 17.4. The monoisotopic (exact) mass is 330 g/mol. The Morgan fingerprint density at radius 2 is 1.83 bits per heavy atom. The SMILES string of the molecule is CCCCOC(=O)c1cccc(C(=O)NCc2ccc(F)cc2)n1. The van der Waals surface area contributed by atoms with Crippen molar-refractivity contribution in [2.24, 2.45) is 0 Å². The summed E-state index contributed by atoms with van der Waals surface area (Å²) in [6, 6.07) is 10.4. The van der Waals surface area contributed by atoms with Crippen molar-refractivity contribution in [2.75, 3.05) is 6.61 Å². The lowest BCUT2D eigenvalue weighted by Crippen LogP contribution is -2.24. The van der Waals surface area contributed by atoms with E-state index in [2.05, 4.69) is 10.3 Å². The second kappa shape index (κ2) is 8.76. The molecule has 0 saturated carbocycles. The molecule has 24 heavy (non-hydrogen) atoms. The number of carbonyl (C=O) groups excluding carboxylic acids is 2. The first kappa shape index (κ1) is 17.6. The van der Waals surface area contributed by atoms with Crippen LogP contribution in [0.5, 0.6) is 0 Å². The Kier molecular flexibility index (Phi) is 6.42. The number of unbranched alkanes of at least 4 members (excludes halogenated alkanes) is 1. The maximum Gasteiger partial charge on any atom is 0.356 e. The fourth-order valence-electron chi connectivity index (χ4n) is 1.93. The van der Waals surface area contributed by atoms with Gasteiger partial charge in [-0.2, -0.15) is 0 Å². The number of benzene rings is 1. The number of hydrogen-bond acceptors (Lipinski definition) is 4. The second-order valence-corrected chi connectivity index (χ2v) is 5.21. The van der Waals surface area contributed by atoms with Gasteiger partial charge < -0.3 is 10.1 Å². The van der Waals surface area contributed by atoms with Gasteiger partial charge in [-0.05, 0) is 36.2 Å². The van der Waals surface area contributed by atoms with Gasteiger partial charge in [0.05, 0.1) is 6.61 Å². The molecule has 126 valence electrons. The van der Waals surface area contributed by atoms with Crippen LogP contribution >= 0.6 is 0 Å². The van der Waals surface area contributed by atoms with Crippen LogP contribution in [0, 0.1) is 5.82 Å². The van der Waals surface area contributed by atoms with Crippen LogP contribution < -0.4 is 5.32 Å². The molecule has 0 aliphatic rings. The summed E-state index contributed by atoms with van der Waals surface area (Å²) in [7, 11) is 0. The molecule has 1 N–H and O–H groups in total. The highest BCUT2D eigenvalue weighted by Gasteiger charge is 2.13. The van der Waals surface area contributed by atoms with Crippen molar-refractivity contribution in [1.82, 2.24) is 10.3 Å². The molecule has 0 aliphatic carbocycles. The van der Waals surface area contributed by atoms with Gasteiger partial charge in [-0.3, -0.25) is 4.79 Å². The average molecular weight is 330 g/mol. The highest BCUT2D eigenvalue weighted by atomic mass is 19.1. The first-order valence-electron chi connectivity index (χ1n) is 7.77. The standard InChI is InChI=1S/C18H19FN2O3/c1-2-3-11-24-18(23)16-6-4-5-15(21-16)17(22)20-12-13-7-9-14(19)10-8-13/h4-10H,2-3,11-12H2,1H3,(H,20,22). The second-order valence-electron chi connectivity index (χ2n) is 5.21. The Morgan fingerprint density at radius 1 is 1.12 bits per heavy atom. The zero-order valence-corrected chi connectivity index (χ0v) is 13.4. The quantitative estimate of drug-likeness (QED) is 0.626. The van der Waals surface area contributed by atoms with Gasteiger partial charge in [-0.1, -0.05) is 31.5 Å². The lowest BCUT2D eigenvalue weighted by Gasteiger charge is -2.07. The van der Waals surface area contributed by atoms with E-state index in [0.717, 1.165) is 18.4 Å². The number of nitrogens with one attached hydrogen (secondary N) is 1. The highest BCUT2D eigenvalue weighted by Crippen LogP contribution is 2.05. The molecule has 0 atom stereocenters. The Bertz CT molecular complexity index is 702. The molecule has 0 unspecified atom stereocenters. The fourth-order valence-corrected chi connectivity index (χ4v) is 1.93. The maximum absolute atomic E-state index is 12.8. The van der Waals surface area contributed by atoms with Crippen molar-refractivity contribution in [2.45, 2.75) is 26.3 Å². The van der Waals surface area contributed by atoms with Crippen LogP contribution in [0.1, 0.15) is 46.3 Å². The van der Waals surface area contributed by atoms with E-state index in [1.165, 1.54) is 24.3 Å². The van der Waals surface area contributed by atoms with Crippen LogP contribution in [0.3, 0.4) is 0 Å². The van der Waals surface area contributed by atoms with E-state index in [4.69, 9.17) is 4.74 Å². The summed E-state index contributed by atoms with van der Waals surface area (Å²) >= 11 is 0. The molecule has 1 aromatic carbocycles. The predicted molar refractivity (Wildman–Crippen MR) is 87.0 cm³/mol. The van der Waals surface area contributed by atoms with Crippen LogP contribution in [0.4, 0.5) is 4.39 Å². The van der Waals surface area contributed by atoms with Gasteiger partial charge in [0.1, 0.15) is 17.2 Å². The zero-order valence-electron chi connectivity index (χ0n) is 13.4. The third-order valence-electron chi connectivity index (χ3n) is 3.29. The number of rotatable bonds is 7. The first-order valence-corrected chi connectivity index (χ1v) is 7.77. The van der Waals surface area contributed by atoms with Crippen LogP contribution in [0.15, 0.2) is 42.5 Å². The van der Waals surface area contributed by atoms with Gasteiger partial charge in [0.15, 0.2) is 0 Å². The molecule has 0 radical (unpaired) electrons. The fraction of sp³-hybridized carbons (Fsp3) is 0.278. The average Bonchev–Trinajstić information content (AvgIpc) is 2.61. The van der Waals surface area contributed by atoms with Crippen molar-refractivity contribution >= 4 is 11.9 Å². The number of nitrogens with zero attached hydrogens (tertiary/aromatic N) is 1. The molecule has 0 bridgehead atoms. The van der Waals surface area contributed by atoms with Gasteiger partial charge in [-0.15, -0.1) is 0 Å². The maximum atomic E-state index is 12.8. The lowest BCUT2D eigenvalue weighted by atomic mass is 10.2. The molecule has 0 saturated heterocycles. The molecule has 0 spiro atoms. The number of amides is 1. The number of halogens is 1. The van der Waals surface area contributed by atoms with Crippen molar-refractivity contribution in [1.29, 1.82) is 0 Å². The summed E-state index contributed by atoms with van der Waals surface area (Å²) in [5.41, 5.74) is 0.988. The molecular formula is C18H19FN2O3. The number of carbonyl (C=O) groups is 2. The predicted octanol–water partition coefficient (Wildman–Crippen LogP) is 3.11. The molecule has 0 fully saturated rings. The Hall–Kier alpha value is -2.76. The van der Waals surface area contributed by atoms with E-state index in [1.54, 1.807) is 18.2 Å². The van der Waals surface area contributed by atoms with E-state index < -0.39 is 11.9 Å². The van der Waals surface area contributed by atoms with Crippen LogP contribution in [-0.2, 0) is 11.3 Å². The van der Waals surface area contributed by atoms with Crippen LogP contribution in [0.25, 0.3) is 0 Å². The minimum atomic E-state index is -0.545. The van der Waals surface area contributed by atoms with Gasteiger partial charge in [0.25, 0.3) is 5.91 Å². The van der Waals surface area contributed by atoms with Gasteiger partial charge in [0.2, 0.25) is 0 Å². The van der Waals surface area contributed by atoms with Crippen molar-refractivity contribution in [3.63, 3.8) is 0 Å². The third-order valence-corrected chi connectivity index (χ3v) is 3.29. The summed E-state index contributed by atoms with van der Waals surface area (Å²) in [4.78, 5) is 28.0. The lowest BCUT2D eigenvalue weighted by molar-refractivity contribution is 0.0492. The summed E-state index contributed by atoms with van der Waals surface area (Å²) in [5, 5.41) is 2.68. The van der Waals surface area contributed by atoms with Gasteiger partial charge in [-0.25, -0.2) is 14.2 Å². The first-order chi connectivity index (χ1) is 11.6. The van der Waals surface area contributed by atoms with E-state index >= 15 is 0 Å². The Labute approximate surface area is 139 Å². The van der Waals surface area contributed by atoms with Gasteiger partial charge >= 0.3 is 5.97 Å². The number of ether oxygens (including phenoxy) is 1. The molecule has 1 amide bonds. The molecule has 2 aromatic rings. The Balaban J connectivity index is 1.95. The van der Waals surface area contributed by atoms with Crippen molar-refractivity contribution in [3.05, 3.63) is 65.2 Å². The normalized spacial score (nSPS) is 10.2. The minimum Gasteiger partial charge on any atom is -0.461 e. The molecule has 1 heterocycles. The van der Waals surface area contributed by atoms with E-state index in [9.17, 15) is 14.0 Å². The highest BCUT2D eigenvalue weighted by molar-refractivity contribution is 5.94. The van der Waals surface area contributed by atoms with Crippen LogP contribution in [-0.4, -0.2) is 23.5 Å². The molecular weight excluding hydrogens is 311 g/mol. The smallest absolute Gasteiger partial charge is 0.356 e. The molecule has 2 rings (SSSR count). The van der Waals surface area contributed by atoms with E-state index in [-0.39, 0.29) is 23.7 Å². The largest absolute Gasteiger partial charge is 0.461 e. The van der Waals surface area contributed by atoms with Crippen LogP contribution in [0.2, 0.25) is 0 Å². The summed E-state index contributed by atoms with van der Waals surface area (Å²) < 4.78 is 17.9. The van der Waals surface area contributed by atoms with E-state index in [1.807, 2.05) is 6.92 Å². The topological polar surface area (TPSA) is 68.3 Å². The van der Waals surface area contributed by atoms with Gasteiger partial charge in [0, 0.05) is 6.54 Å². The summed E-state index contributed by atoms with van der Waals surface area (Å²) in [6.45, 7) is 2.57. The van der Waals surface area contributed by atoms with Crippen molar-refractivity contribution < 1.29 is 18.7 Å². The summed E-state index contributed by atoms with van der Waals surface area (Å²) in [5.74, 6) is -1.29. The van der Waals surface area contributed by atoms with E-state index in [0.29, 0.717) is 6.61 Å².